The second-order valence-electron chi connectivity index (χ2n) is 7.64. The summed E-state index contributed by atoms with van der Waals surface area (Å²) < 4.78 is 31.6. The van der Waals surface area contributed by atoms with E-state index < -0.39 is 9.84 Å². The highest BCUT2D eigenvalue weighted by molar-refractivity contribution is 7.90. The van der Waals surface area contributed by atoms with Crippen LogP contribution in [0.5, 0.6) is 5.75 Å². The maximum Gasteiger partial charge on any atom is 0.258 e. The van der Waals surface area contributed by atoms with Crippen molar-refractivity contribution in [3.63, 3.8) is 0 Å². The smallest absolute Gasteiger partial charge is 0.258 e. The first kappa shape index (κ1) is 20.2. The fourth-order valence-corrected chi connectivity index (χ4v) is 4.09. The lowest BCUT2D eigenvalue weighted by Gasteiger charge is -2.20. The summed E-state index contributed by atoms with van der Waals surface area (Å²) in [5, 5.41) is 4.61. The molecule has 3 aromatic rings. The molecule has 8 heteroatoms. The highest BCUT2D eigenvalue weighted by Gasteiger charge is 2.30. The zero-order valence-electron chi connectivity index (χ0n) is 17.1. The Balaban J connectivity index is 1.62. The molecule has 30 heavy (non-hydrogen) atoms. The van der Waals surface area contributed by atoms with Crippen LogP contribution < -0.4 is 4.74 Å². The van der Waals surface area contributed by atoms with Gasteiger partial charge in [0.15, 0.2) is 9.84 Å². The van der Waals surface area contributed by atoms with Crippen LogP contribution >= 0.6 is 0 Å². The Labute approximate surface area is 175 Å². The first-order chi connectivity index (χ1) is 14.2. The number of rotatable bonds is 5. The number of ether oxygens (including phenoxy) is 1. The second-order valence-corrected chi connectivity index (χ2v) is 9.65. The van der Waals surface area contributed by atoms with Crippen molar-refractivity contribution < 1.29 is 17.9 Å². The van der Waals surface area contributed by atoms with Crippen LogP contribution in [0.3, 0.4) is 0 Å². The van der Waals surface area contributed by atoms with Crippen LogP contribution in [-0.4, -0.2) is 41.4 Å². The van der Waals surface area contributed by atoms with Gasteiger partial charge in [0.1, 0.15) is 5.75 Å². The predicted octanol–water partition coefficient (Wildman–Crippen LogP) is 3.22. The van der Waals surface area contributed by atoms with Gasteiger partial charge >= 0.3 is 0 Å². The highest BCUT2D eigenvalue weighted by atomic mass is 32.2. The zero-order chi connectivity index (χ0) is 21.5. The number of fused-ring (bicyclic) bond motifs is 1. The molecule has 0 aliphatic carbocycles. The third kappa shape index (κ3) is 3.95. The molecule has 1 aromatic heterocycles. The molecular formula is C22H23N3O4S. The molecule has 1 aliphatic heterocycles. The maximum atomic E-state index is 13.3. The van der Waals surface area contributed by atoms with Crippen molar-refractivity contribution in [2.75, 3.05) is 6.26 Å². The molecule has 156 valence electrons. The van der Waals surface area contributed by atoms with Crippen LogP contribution in [0.15, 0.2) is 59.6 Å². The molecule has 7 nitrogen and oxygen atoms in total. The largest absolute Gasteiger partial charge is 0.490 e. The third-order valence-electron chi connectivity index (χ3n) is 4.86. The van der Waals surface area contributed by atoms with Crippen molar-refractivity contribution in [3.8, 4) is 11.4 Å². The average Bonchev–Trinajstić information content (AvgIpc) is 3.26. The van der Waals surface area contributed by atoms with Crippen LogP contribution in [-0.2, 0) is 22.9 Å². The molecule has 2 aromatic carbocycles. The topological polar surface area (TPSA) is 81.5 Å². The summed E-state index contributed by atoms with van der Waals surface area (Å²) in [5.41, 5.74) is 3.00. The summed E-state index contributed by atoms with van der Waals surface area (Å²) in [6.07, 6.45) is 2.90. The number of carbonyl (C=O) groups is 1. The lowest BCUT2D eigenvalue weighted by molar-refractivity contribution is 0.0742. The van der Waals surface area contributed by atoms with E-state index >= 15 is 0 Å². The molecule has 0 spiro atoms. The number of amides is 1. The van der Waals surface area contributed by atoms with Gasteiger partial charge in [0.05, 0.1) is 34.5 Å². The summed E-state index contributed by atoms with van der Waals surface area (Å²) in [7, 11) is -3.45. The Kier molecular flexibility index (Phi) is 5.11. The van der Waals surface area contributed by atoms with Crippen molar-refractivity contribution >= 4 is 15.7 Å². The lowest BCUT2D eigenvalue weighted by Crippen LogP contribution is -2.27. The minimum Gasteiger partial charge on any atom is -0.490 e. The van der Waals surface area contributed by atoms with E-state index in [1.54, 1.807) is 11.0 Å². The molecule has 2 heterocycles. The van der Waals surface area contributed by atoms with E-state index in [-0.39, 0.29) is 22.5 Å². The quantitative estimate of drug-likeness (QED) is 0.627. The van der Waals surface area contributed by atoms with E-state index in [2.05, 4.69) is 5.10 Å². The molecule has 0 bridgehead atoms. The molecule has 1 aliphatic rings. The molecule has 0 atom stereocenters. The van der Waals surface area contributed by atoms with E-state index in [1.807, 2.05) is 55.1 Å². The number of para-hydroxylation sites is 1. The van der Waals surface area contributed by atoms with E-state index in [1.165, 1.54) is 12.1 Å². The number of benzene rings is 2. The van der Waals surface area contributed by atoms with Gasteiger partial charge in [-0.05, 0) is 44.2 Å². The fraction of sp³-hybridized carbons (Fsp3) is 0.273. The van der Waals surface area contributed by atoms with E-state index in [4.69, 9.17) is 4.74 Å². The van der Waals surface area contributed by atoms with Gasteiger partial charge in [-0.25, -0.2) is 13.1 Å². The minimum atomic E-state index is -3.45. The molecule has 1 amide bonds. The van der Waals surface area contributed by atoms with Crippen LogP contribution in [0.4, 0.5) is 0 Å². The fourth-order valence-electron chi connectivity index (χ4n) is 3.44. The van der Waals surface area contributed by atoms with Crippen molar-refractivity contribution in [2.45, 2.75) is 37.9 Å². The Morgan fingerprint density at radius 1 is 1.10 bits per heavy atom. The van der Waals surface area contributed by atoms with Crippen LogP contribution in [0.2, 0.25) is 0 Å². The summed E-state index contributed by atoms with van der Waals surface area (Å²) in [5.74, 6) is 0.0988. The minimum absolute atomic E-state index is 0.0909. The monoisotopic (exact) mass is 425 g/mol. The van der Waals surface area contributed by atoms with Crippen LogP contribution in [0.1, 0.15) is 35.5 Å². The second kappa shape index (κ2) is 7.60. The van der Waals surface area contributed by atoms with Crippen LogP contribution in [0.25, 0.3) is 5.69 Å². The summed E-state index contributed by atoms with van der Waals surface area (Å²) in [6.45, 7) is 4.48. The van der Waals surface area contributed by atoms with Gasteiger partial charge in [-0.15, -0.1) is 0 Å². The SMILES string of the molecule is CC(C)Oc1ccc(S(C)(=O)=O)cc1C(=O)N1Cc2cn(-c3ccccc3)nc2C1. The third-order valence-corrected chi connectivity index (χ3v) is 5.97. The van der Waals surface area contributed by atoms with Gasteiger partial charge < -0.3 is 9.64 Å². The number of carbonyl (C=O) groups excluding carboxylic acids is 1. The first-order valence-corrected chi connectivity index (χ1v) is 11.5. The van der Waals surface area contributed by atoms with Crippen molar-refractivity contribution in [2.24, 2.45) is 0 Å². The van der Waals surface area contributed by atoms with Gasteiger partial charge in [0, 0.05) is 24.6 Å². The maximum absolute atomic E-state index is 13.3. The summed E-state index contributed by atoms with van der Waals surface area (Å²) in [4.78, 5) is 15.0. The first-order valence-electron chi connectivity index (χ1n) is 9.65. The Morgan fingerprint density at radius 2 is 1.83 bits per heavy atom. The average molecular weight is 426 g/mol. The predicted molar refractivity (Wildman–Crippen MR) is 112 cm³/mol. The Hall–Kier alpha value is -3.13. The van der Waals surface area contributed by atoms with Gasteiger partial charge in [0.2, 0.25) is 0 Å². The number of nitrogens with zero attached hydrogens (tertiary/aromatic N) is 3. The molecule has 4 rings (SSSR count). The molecule has 0 fully saturated rings. The van der Waals surface area contributed by atoms with Gasteiger partial charge in [0.25, 0.3) is 5.91 Å². The molecule has 0 saturated carbocycles. The molecule has 0 unspecified atom stereocenters. The summed E-state index contributed by atoms with van der Waals surface area (Å²) >= 11 is 0. The number of hydrogen-bond donors (Lipinski definition) is 0. The van der Waals surface area contributed by atoms with Gasteiger partial charge in [-0.2, -0.15) is 5.10 Å². The molecular weight excluding hydrogens is 402 g/mol. The van der Waals surface area contributed by atoms with Crippen LogP contribution in [0, 0.1) is 0 Å². The molecule has 0 saturated heterocycles. The lowest BCUT2D eigenvalue weighted by atomic mass is 10.1. The Bertz CT molecular complexity index is 1180. The highest BCUT2D eigenvalue weighted by Crippen LogP contribution is 2.29. The normalized spacial score (nSPS) is 13.5. The van der Waals surface area contributed by atoms with Gasteiger partial charge in [-0.1, -0.05) is 18.2 Å². The van der Waals surface area contributed by atoms with E-state index in [0.29, 0.717) is 18.8 Å². The van der Waals surface area contributed by atoms with Gasteiger partial charge in [-0.3, -0.25) is 4.79 Å². The summed E-state index contributed by atoms with van der Waals surface area (Å²) in [6, 6.07) is 14.2. The van der Waals surface area contributed by atoms with Crippen molar-refractivity contribution in [1.29, 1.82) is 0 Å². The van der Waals surface area contributed by atoms with Crippen molar-refractivity contribution in [3.05, 3.63) is 71.5 Å². The zero-order valence-corrected chi connectivity index (χ0v) is 17.9. The number of hydrogen-bond acceptors (Lipinski definition) is 5. The Morgan fingerprint density at radius 3 is 2.47 bits per heavy atom. The van der Waals surface area contributed by atoms with E-state index in [0.717, 1.165) is 23.2 Å². The number of aromatic nitrogens is 2. The molecule has 0 radical (unpaired) electrons. The standard InChI is InChI=1S/C22H23N3O4S/c1-15(2)29-21-10-9-18(30(3,27)28)11-19(21)22(26)24-12-16-13-25(23-20(16)14-24)17-7-5-4-6-8-17/h4-11,13,15H,12,14H2,1-3H3. The van der Waals surface area contributed by atoms with E-state index in [9.17, 15) is 13.2 Å². The molecule has 0 N–H and O–H groups in total. The number of sulfone groups is 1. The van der Waals surface area contributed by atoms with Crippen molar-refractivity contribution in [1.82, 2.24) is 14.7 Å².